The van der Waals surface area contributed by atoms with Gasteiger partial charge in [-0.15, -0.1) is 22.7 Å². The number of benzene rings is 2. The fourth-order valence-electron chi connectivity index (χ4n) is 4.11. The zero-order valence-corrected chi connectivity index (χ0v) is 26.7. The highest BCUT2D eigenvalue weighted by Gasteiger charge is 2.17. The highest BCUT2D eigenvalue weighted by atomic mass is 79.9. The lowest BCUT2D eigenvalue weighted by Crippen LogP contribution is -2.27. The minimum Gasteiger partial charge on any atom is -0.506 e. The fourth-order valence-corrected chi connectivity index (χ4v) is 6.29. The van der Waals surface area contributed by atoms with Crippen LogP contribution in [0.4, 0.5) is 0 Å². The maximum absolute atomic E-state index is 12.8. The summed E-state index contributed by atoms with van der Waals surface area (Å²) in [5.41, 5.74) is 3.49. The molecule has 1 amide bonds. The van der Waals surface area contributed by atoms with E-state index in [2.05, 4.69) is 26.2 Å². The van der Waals surface area contributed by atoms with E-state index in [4.69, 9.17) is 9.84 Å². The molecule has 2 heterocycles. The number of amides is 1. The lowest BCUT2D eigenvalue weighted by atomic mass is 10.0. The van der Waals surface area contributed by atoms with Gasteiger partial charge in [0.1, 0.15) is 12.3 Å². The van der Waals surface area contributed by atoms with Crippen molar-refractivity contribution in [3.05, 3.63) is 97.0 Å². The number of hydrogen-bond acceptors (Lipinski definition) is 9. The van der Waals surface area contributed by atoms with E-state index >= 15 is 0 Å². The molecular weight excluding hydrogens is 652 g/mol. The Labute approximate surface area is 266 Å². The molecule has 224 valence electrons. The van der Waals surface area contributed by atoms with Gasteiger partial charge in [-0.25, -0.2) is 0 Å². The van der Waals surface area contributed by atoms with Crippen LogP contribution in [-0.4, -0.2) is 66.3 Å². The predicted octanol–water partition coefficient (Wildman–Crippen LogP) is 6.19. The molecule has 0 atom stereocenters. The molecule has 11 heteroatoms. The van der Waals surface area contributed by atoms with Gasteiger partial charge in [0.25, 0.3) is 5.91 Å². The number of thiophene rings is 2. The second kappa shape index (κ2) is 15.8. The van der Waals surface area contributed by atoms with Crippen molar-refractivity contribution >= 4 is 61.8 Å². The highest BCUT2D eigenvalue weighted by molar-refractivity contribution is 9.10. The second-order valence-electron chi connectivity index (χ2n) is 9.53. The van der Waals surface area contributed by atoms with Crippen LogP contribution >= 0.6 is 38.6 Å². The second-order valence-corrected chi connectivity index (χ2v) is 12.4. The molecule has 3 N–H and O–H groups in total. The molecule has 0 aliphatic carbocycles. The topological polar surface area (TPSA) is 125 Å². The fraction of sp³-hybridized carbons (Fsp3) is 0.250. The summed E-state index contributed by atoms with van der Waals surface area (Å²) in [4.78, 5) is 44.0. The van der Waals surface area contributed by atoms with Crippen LogP contribution in [0.25, 0.3) is 10.4 Å². The maximum atomic E-state index is 12.8. The van der Waals surface area contributed by atoms with Crippen molar-refractivity contribution in [1.82, 2.24) is 5.32 Å². The van der Waals surface area contributed by atoms with Gasteiger partial charge in [-0.05, 0) is 60.9 Å². The molecule has 0 saturated heterocycles. The number of halogens is 1. The molecule has 0 fully saturated rings. The number of hydrogen-bond donors (Lipinski definition) is 3. The lowest BCUT2D eigenvalue weighted by Gasteiger charge is -2.06. The average Bonchev–Trinajstić information content (AvgIpc) is 3.66. The van der Waals surface area contributed by atoms with Gasteiger partial charge in [0.15, 0.2) is 11.6 Å². The van der Waals surface area contributed by atoms with E-state index in [1.165, 1.54) is 11.3 Å². The summed E-state index contributed by atoms with van der Waals surface area (Å²) in [6.07, 6.45) is 0.782. The number of ether oxygens (including phenoxy) is 1. The van der Waals surface area contributed by atoms with E-state index in [-0.39, 0.29) is 49.4 Å². The minimum atomic E-state index is -0.219. The zero-order valence-electron chi connectivity index (χ0n) is 23.5. The Kier molecular flexibility index (Phi) is 11.9. The Morgan fingerprint density at radius 3 is 2.35 bits per heavy atom. The van der Waals surface area contributed by atoms with Crippen LogP contribution in [0.2, 0.25) is 0 Å². The Hall–Kier alpha value is -3.48. The van der Waals surface area contributed by atoms with Crippen LogP contribution < -0.4 is 5.32 Å². The molecule has 0 unspecified atom stereocenters. The molecule has 0 aliphatic heterocycles. The van der Waals surface area contributed by atoms with Crippen molar-refractivity contribution in [1.29, 1.82) is 0 Å². The van der Waals surface area contributed by atoms with Crippen molar-refractivity contribution < 1.29 is 29.3 Å². The number of nitrogens with one attached hydrogen (secondary N) is 1. The van der Waals surface area contributed by atoms with E-state index in [0.29, 0.717) is 46.2 Å². The molecule has 43 heavy (non-hydrogen) atoms. The van der Waals surface area contributed by atoms with E-state index in [1.807, 2.05) is 41.8 Å². The van der Waals surface area contributed by atoms with E-state index < -0.39 is 0 Å². The van der Waals surface area contributed by atoms with Crippen molar-refractivity contribution in [2.24, 2.45) is 4.99 Å². The first-order valence-electron chi connectivity index (χ1n) is 13.6. The molecule has 0 saturated carbocycles. The monoisotopic (exact) mass is 682 g/mol. The predicted molar refractivity (Wildman–Crippen MR) is 174 cm³/mol. The van der Waals surface area contributed by atoms with Gasteiger partial charge in [-0.3, -0.25) is 19.4 Å². The minimum absolute atomic E-state index is 0.0582. The first kappa shape index (κ1) is 32.4. The lowest BCUT2D eigenvalue weighted by molar-refractivity contribution is 0.0837. The number of Topliss-reactive ketones (excluding diaryl/α,β-unsaturated/α-hetero) is 2. The Balaban J connectivity index is 1.27. The summed E-state index contributed by atoms with van der Waals surface area (Å²) in [5, 5.41) is 24.0. The molecule has 4 rings (SSSR count). The Morgan fingerprint density at radius 1 is 0.953 bits per heavy atom. The molecule has 2 aromatic heterocycles. The van der Waals surface area contributed by atoms with Crippen molar-refractivity contribution in [3.8, 4) is 16.2 Å². The van der Waals surface area contributed by atoms with Crippen LogP contribution in [0.3, 0.4) is 0 Å². The standard InChI is InChI=1S/C32H31BrN2O6S2/c1-20(25-19-42-31(30(25)39)22-7-9-24(33)10-8-22)35-18-27(38)29-13-12-28(43-29)26(37)11-4-21-2-5-23(6-3-21)32(40)34-14-16-41-17-15-36/h2-3,5-10,12-13,19,36,39H,4,11,14-18H2,1H3,(H,34,40). The van der Waals surface area contributed by atoms with Gasteiger partial charge in [0.2, 0.25) is 0 Å². The van der Waals surface area contributed by atoms with Gasteiger partial charge < -0.3 is 20.3 Å². The number of aryl methyl sites for hydroxylation is 1. The highest BCUT2D eigenvalue weighted by Crippen LogP contribution is 2.39. The molecule has 0 spiro atoms. The largest absolute Gasteiger partial charge is 0.506 e. The summed E-state index contributed by atoms with van der Waals surface area (Å²) in [7, 11) is 0. The van der Waals surface area contributed by atoms with Crippen LogP contribution in [0.5, 0.6) is 5.75 Å². The van der Waals surface area contributed by atoms with Gasteiger partial charge >= 0.3 is 0 Å². The van der Waals surface area contributed by atoms with E-state index in [9.17, 15) is 19.5 Å². The third-order valence-corrected chi connectivity index (χ3v) is 9.22. The van der Waals surface area contributed by atoms with Crippen LogP contribution in [0, 0.1) is 0 Å². The number of ketones is 2. The number of aromatic hydroxyl groups is 1. The number of carbonyl (C=O) groups excluding carboxylic acids is 3. The number of nitrogens with zero attached hydrogens (tertiary/aromatic N) is 1. The van der Waals surface area contributed by atoms with Gasteiger partial charge in [-0.2, -0.15) is 0 Å². The molecule has 0 radical (unpaired) electrons. The van der Waals surface area contributed by atoms with Gasteiger partial charge in [0, 0.05) is 39.7 Å². The van der Waals surface area contributed by atoms with E-state index in [0.717, 1.165) is 31.8 Å². The summed E-state index contributed by atoms with van der Waals surface area (Å²) in [6, 6.07) is 18.1. The molecule has 0 bridgehead atoms. The van der Waals surface area contributed by atoms with Crippen LogP contribution in [0.1, 0.15) is 54.2 Å². The Morgan fingerprint density at radius 2 is 1.65 bits per heavy atom. The van der Waals surface area contributed by atoms with E-state index in [1.54, 1.807) is 31.2 Å². The summed E-state index contributed by atoms with van der Waals surface area (Å²) in [6.45, 7) is 2.52. The maximum Gasteiger partial charge on any atom is 0.251 e. The number of carbonyl (C=O) groups is 3. The van der Waals surface area contributed by atoms with Gasteiger partial charge in [0.05, 0.1) is 34.5 Å². The average molecular weight is 684 g/mol. The molecular formula is C32H31BrN2O6S2. The van der Waals surface area contributed by atoms with Crippen molar-refractivity contribution in [3.63, 3.8) is 0 Å². The normalized spacial score (nSPS) is 11.5. The number of aliphatic hydroxyl groups excluding tert-OH is 1. The van der Waals surface area contributed by atoms with Crippen LogP contribution in [0.15, 0.2) is 75.5 Å². The number of aliphatic imine (C=N–C) groups is 1. The Bertz CT molecular complexity index is 1590. The molecule has 2 aromatic carbocycles. The molecule has 4 aromatic rings. The summed E-state index contributed by atoms with van der Waals surface area (Å²) < 4.78 is 6.08. The van der Waals surface area contributed by atoms with Crippen molar-refractivity contribution in [2.75, 3.05) is 32.9 Å². The SMILES string of the molecule is CC(=NCC(=O)c1ccc(C(=O)CCc2ccc(C(=O)NCCOCCO)cc2)s1)c1csc(-c2ccc(Br)cc2)c1O. The first-order valence-corrected chi connectivity index (χ1v) is 16.1. The zero-order chi connectivity index (χ0) is 30.8. The number of rotatable bonds is 15. The van der Waals surface area contributed by atoms with Crippen molar-refractivity contribution in [2.45, 2.75) is 19.8 Å². The number of aliphatic hydroxyl groups is 1. The molecule has 8 nitrogen and oxygen atoms in total. The third kappa shape index (κ3) is 9.01. The smallest absolute Gasteiger partial charge is 0.251 e. The summed E-state index contributed by atoms with van der Waals surface area (Å²) in [5.74, 6) is -0.330. The quantitative estimate of drug-likeness (QED) is 0.0780. The third-order valence-electron chi connectivity index (χ3n) is 6.50. The molecule has 0 aliphatic rings. The van der Waals surface area contributed by atoms with Gasteiger partial charge in [-0.1, -0.05) is 40.2 Å². The summed E-state index contributed by atoms with van der Waals surface area (Å²) >= 11 is 5.99. The first-order chi connectivity index (χ1) is 20.8. The van der Waals surface area contributed by atoms with Crippen LogP contribution in [-0.2, 0) is 11.2 Å².